The van der Waals surface area contributed by atoms with Gasteiger partial charge in [-0.25, -0.2) is 4.98 Å². The number of hydrogen-bond acceptors (Lipinski definition) is 3. The Morgan fingerprint density at radius 1 is 1.45 bits per heavy atom. The van der Waals surface area contributed by atoms with Crippen molar-refractivity contribution in [2.75, 3.05) is 20.1 Å². The predicted octanol–water partition coefficient (Wildman–Crippen LogP) is 1.41. The van der Waals surface area contributed by atoms with Crippen LogP contribution in [0.3, 0.4) is 0 Å². The Hall–Kier alpha value is -1.36. The molecule has 3 rings (SSSR count). The van der Waals surface area contributed by atoms with E-state index in [-0.39, 0.29) is 5.92 Å². The van der Waals surface area contributed by atoms with Gasteiger partial charge in [-0.2, -0.15) is 0 Å². The lowest BCUT2D eigenvalue weighted by molar-refractivity contribution is -0.142. The van der Waals surface area contributed by atoms with E-state index in [9.17, 15) is 4.79 Å². The zero-order valence-electron chi connectivity index (χ0n) is 12.1. The second kappa shape index (κ2) is 5.56. The molecular formula is C15H23N3O2. The highest BCUT2D eigenvalue weighted by atomic mass is 16.4. The van der Waals surface area contributed by atoms with Crippen molar-refractivity contribution in [2.45, 2.75) is 38.6 Å². The Morgan fingerprint density at radius 2 is 2.30 bits per heavy atom. The molecule has 0 aliphatic carbocycles. The van der Waals surface area contributed by atoms with Crippen molar-refractivity contribution in [3.8, 4) is 0 Å². The number of nitrogens with zero attached hydrogens (tertiary/aromatic N) is 3. The fraction of sp³-hybridized carbons (Fsp3) is 0.733. The lowest BCUT2D eigenvalue weighted by Crippen LogP contribution is -2.33. The van der Waals surface area contributed by atoms with E-state index in [1.807, 2.05) is 0 Å². The zero-order chi connectivity index (χ0) is 14.1. The highest BCUT2D eigenvalue weighted by molar-refractivity contribution is 5.70. The molecule has 0 bridgehead atoms. The van der Waals surface area contributed by atoms with Crippen molar-refractivity contribution >= 4 is 5.97 Å². The van der Waals surface area contributed by atoms with Gasteiger partial charge < -0.3 is 14.6 Å². The average molecular weight is 277 g/mol. The van der Waals surface area contributed by atoms with Gasteiger partial charge in [0.25, 0.3) is 0 Å². The molecule has 5 nitrogen and oxygen atoms in total. The maximum absolute atomic E-state index is 11.1. The number of rotatable bonds is 3. The van der Waals surface area contributed by atoms with Crippen molar-refractivity contribution in [3.05, 3.63) is 17.7 Å². The number of fused-ring (bicyclic) bond motifs is 1. The molecule has 110 valence electrons. The van der Waals surface area contributed by atoms with E-state index in [2.05, 4.69) is 27.7 Å². The molecule has 2 atom stereocenters. The van der Waals surface area contributed by atoms with Gasteiger partial charge in [-0.15, -0.1) is 0 Å². The molecule has 0 radical (unpaired) electrons. The van der Waals surface area contributed by atoms with Crippen molar-refractivity contribution < 1.29 is 9.90 Å². The van der Waals surface area contributed by atoms with E-state index >= 15 is 0 Å². The summed E-state index contributed by atoms with van der Waals surface area (Å²) in [6, 6.07) is 0. The molecule has 0 amide bonds. The molecule has 1 aromatic heterocycles. The monoisotopic (exact) mass is 277 g/mol. The molecule has 0 saturated carbocycles. The molecule has 1 aromatic rings. The number of likely N-dealkylation sites (tertiary alicyclic amines) is 1. The zero-order valence-corrected chi connectivity index (χ0v) is 12.1. The smallest absolute Gasteiger partial charge is 0.307 e. The van der Waals surface area contributed by atoms with Crippen LogP contribution in [0.2, 0.25) is 0 Å². The summed E-state index contributed by atoms with van der Waals surface area (Å²) < 4.78 is 2.15. The van der Waals surface area contributed by atoms with E-state index in [1.165, 1.54) is 19.4 Å². The van der Waals surface area contributed by atoms with Gasteiger partial charge in [-0.3, -0.25) is 4.79 Å². The van der Waals surface area contributed by atoms with Gasteiger partial charge in [0.05, 0.1) is 11.6 Å². The first-order valence-electron chi connectivity index (χ1n) is 7.58. The van der Waals surface area contributed by atoms with Gasteiger partial charge >= 0.3 is 5.97 Å². The third kappa shape index (κ3) is 2.87. The van der Waals surface area contributed by atoms with Crippen LogP contribution in [0.5, 0.6) is 0 Å². The van der Waals surface area contributed by atoms with Crippen molar-refractivity contribution in [1.82, 2.24) is 14.5 Å². The van der Waals surface area contributed by atoms with Crippen molar-refractivity contribution in [2.24, 2.45) is 11.8 Å². The summed E-state index contributed by atoms with van der Waals surface area (Å²) in [5, 5.41) is 9.12. The third-order valence-electron chi connectivity index (χ3n) is 4.63. The second-order valence-corrected chi connectivity index (χ2v) is 6.34. The molecule has 2 aliphatic rings. The SMILES string of the molecule is CN1CCCC(Cc2cn3c(n2)CC(C(=O)O)CC3)C1. The van der Waals surface area contributed by atoms with Crippen LogP contribution in [-0.4, -0.2) is 45.7 Å². The summed E-state index contributed by atoms with van der Waals surface area (Å²) in [6.45, 7) is 3.15. The summed E-state index contributed by atoms with van der Waals surface area (Å²) in [5.41, 5.74) is 1.14. The molecule has 1 saturated heterocycles. The molecule has 5 heteroatoms. The molecule has 1 N–H and O–H groups in total. The van der Waals surface area contributed by atoms with Crippen LogP contribution < -0.4 is 0 Å². The van der Waals surface area contributed by atoms with Crippen molar-refractivity contribution in [3.63, 3.8) is 0 Å². The average Bonchev–Trinajstić information content (AvgIpc) is 2.79. The van der Waals surface area contributed by atoms with Crippen LogP contribution in [0.25, 0.3) is 0 Å². The van der Waals surface area contributed by atoms with Gasteiger partial charge in [-0.05, 0) is 45.2 Å². The van der Waals surface area contributed by atoms with E-state index in [0.29, 0.717) is 12.3 Å². The normalized spacial score (nSPS) is 27.2. The summed E-state index contributed by atoms with van der Waals surface area (Å²) in [6.07, 6.45) is 7.04. The Bertz CT molecular complexity index is 497. The van der Waals surface area contributed by atoms with Gasteiger partial charge in [-0.1, -0.05) is 0 Å². The highest BCUT2D eigenvalue weighted by Crippen LogP contribution is 2.24. The van der Waals surface area contributed by atoms with Crippen LogP contribution in [0.4, 0.5) is 0 Å². The standard InChI is InChI=1S/C15H23N3O2/c1-17-5-2-3-11(9-17)7-13-10-18-6-4-12(15(19)20)8-14(18)16-13/h10-12H,2-9H2,1H3,(H,19,20). The van der Waals surface area contributed by atoms with E-state index < -0.39 is 5.97 Å². The van der Waals surface area contributed by atoms with Crippen LogP contribution in [0.15, 0.2) is 6.20 Å². The molecule has 2 aliphatic heterocycles. The molecular weight excluding hydrogens is 254 g/mol. The number of piperidine rings is 1. The number of carboxylic acids is 1. The van der Waals surface area contributed by atoms with Gasteiger partial charge in [0.2, 0.25) is 0 Å². The first kappa shape index (κ1) is 13.6. The Labute approximate surface area is 119 Å². The first-order valence-corrected chi connectivity index (χ1v) is 7.58. The summed E-state index contributed by atoms with van der Waals surface area (Å²) in [4.78, 5) is 18.2. The van der Waals surface area contributed by atoms with E-state index in [0.717, 1.165) is 37.4 Å². The lowest BCUT2D eigenvalue weighted by Gasteiger charge is -2.29. The number of carbonyl (C=O) groups is 1. The van der Waals surface area contributed by atoms with Gasteiger partial charge in [0, 0.05) is 25.7 Å². The maximum atomic E-state index is 11.1. The number of aryl methyl sites for hydroxylation is 1. The number of aliphatic carboxylic acids is 1. The minimum Gasteiger partial charge on any atom is -0.481 e. The summed E-state index contributed by atoms with van der Waals surface area (Å²) >= 11 is 0. The van der Waals surface area contributed by atoms with Gasteiger partial charge in [0.15, 0.2) is 0 Å². The molecule has 0 aromatic carbocycles. The van der Waals surface area contributed by atoms with Gasteiger partial charge in [0.1, 0.15) is 5.82 Å². The van der Waals surface area contributed by atoms with E-state index in [1.54, 1.807) is 0 Å². The Morgan fingerprint density at radius 3 is 3.05 bits per heavy atom. The largest absolute Gasteiger partial charge is 0.481 e. The molecule has 3 heterocycles. The Balaban J connectivity index is 1.66. The lowest BCUT2D eigenvalue weighted by atomic mass is 9.94. The van der Waals surface area contributed by atoms with E-state index in [4.69, 9.17) is 5.11 Å². The maximum Gasteiger partial charge on any atom is 0.307 e. The number of hydrogen-bond donors (Lipinski definition) is 1. The fourth-order valence-corrected chi connectivity index (χ4v) is 3.53. The summed E-state index contributed by atoms with van der Waals surface area (Å²) in [5.74, 6) is 0.719. The number of carboxylic acid groups (broad SMARTS) is 1. The third-order valence-corrected chi connectivity index (χ3v) is 4.63. The van der Waals surface area contributed by atoms with Crippen molar-refractivity contribution in [1.29, 1.82) is 0 Å². The molecule has 1 fully saturated rings. The topological polar surface area (TPSA) is 58.4 Å². The number of imidazole rings is 1. The van der Waals surface area contributed by atoms with Crippen LogP contribution in [0, 0.1) is 11.8 Å². The minimum atomic E-state index is -0.685. The molecule has 2 unspecified atom stereocenters. The second-order valence-electron chi connectivity index (χ2n) is 6.34. The fourth-order valence-electron chi connectivity index (χ4n) is 3.53. The quantitative estimate of drug-likeness (QED) is 0.907. The van der Waals surface area contributed by atoms with Crippen LogP contribution in [0.1, 0.15) is 30.8 Å². The summed E-state index contributed by atoms with van der Waals surface area (Å²) in [7, 11) is 2.18. The molecule has 20 heavy (non-hydrogen) atoms. The molecule has 0 spiro atoms. The Kier molecular flexibility index (Phi) is 3.78. The predicted molar refractivity (Wildman–Crippen MR) is 75.6 cm³/mol. The first-order chi connectivity index (χ1) is 9.61. The highest BCUT2D eigenvalue weighted by Gasteiger charge is 2.26. The minimum absolute atomic E-state index is 0.251. The number of aromatic nitrogens is 2. The van der Waals surface area contributed by atoms with Crippen LogP contribution >= 0.6 is 0 Å². The van der Waals surface area contributed by atoms with Crippen LogP contribution in [-0.2, 0) is 24.2 Å².